The Bertz CT molecular complexity index is 258. The van der Waals surface area contributed by atoms with Crippen LogP contribution in [0.1, 0.15) is 38.5 Å². The molecular formula is C12H23N3O2. The van der Waals surface area contributed by atoms with Crippen LogP contribution in [-0.4, -0.2) is 47.8 Å². The molecule has 0 aromatic carbocycles. The molecule has 0 aromatic rings. The molecule has 0 spiro atoms. The Balaban J connectivity index is 1.90. The van der Waals surface area contributed by atoms with Crippen LogP contribution in [0.15, 0.2) is 5.16 Å². The first-order chi connectivity index (χ1) is 8.29. The Morgan fingerprint density at radius 2 is 2.06 bits per heavy atom. The van der Waals surface area contributed by atoms with E-state index in [0.29, 0.717) is 24.5 Å². The van der Waals surface area contributed by atoms with E-state index in [1.54, 1.807) is 0 Å². The summed E-state index contributed by atoms with van der Waals surface area (Å²) in [6.07, 6.45) is 7.68. The summed E-state index contributed by atoms with van der Waals surface area (Å²) in [6.45, 7) is 2.36. The zero-order chi connectivity index (χ0) is 12.1. The second kappa shape index (κ2) is 6.21. The summed E-state index contributed by atoms with van der Waals surface area (Å²) < 4.78 is 5.67. The normalized spacial score (nSPS) is 27.1. The van der Waals surface area contributed by atoms with E-state index in [2.05, 4.69) is 10.1 Å². The maximum Gasteiger partial charge on any atom is 0.153 e. The minimum atomic E-state index is 0.301. The summed E-state index contributed by atoms with van der Waals surface area (Å²) >= 11 is 0. The van der Waals surface area contributed by atoms with E-state index in [0.717, 1.165) is 26.0 Å². The standard InChI is InChI=1S/C12H23N3O2/c13-12(14-16)9-15(10-4-1-2-5-10)8-11-6-3-7-17-11/h10-11,16H,1-9H2,(H2,13,14). The zero-order valence-electron chi connectivity index (χ0n) is 10.3. The number of oxime groups is 1. The van der Waals surface area contributed by atoms with Crippen molar-refractivity contribution in [2.75, 3.05) is 19.7 Å². The van der Waals surface area contributed by atoms with E-state index in [9.17, 15) is 0 Å². The largest absolute Gasteiger partial charge is 0.409 e. The minimum absolute atomic E-state index is 0.301. The van der Waals surface area contributed by atoms with Gasteiger partial charge < -0.3 is 15.7 Å². The van der Waals surface area contributed by atoms with Crippen LogP contribution in [-0.2, 0) is 4.74 Å². The SMILES string of the molecule is NC(CN(CC1CCCO1)C1CCCC1)=NO. The molecule has 2 rings (SSSR count). The third-order valence-corrected chi connectivity index (χ3v) is 3.80. The fourth-order valence-electron chi connectivity index (χ4n) is 2.90. The predicted molar refractivity (Wildman–Crippen MR) is 66.2 cm³/mol. The summed E-state index contributed by atoms with van der Waals surface area (Å²) in [5.41, 5.74) is 5.63. The summed E-state index contributed by atoms with van der Waals surface area (Å²) in [7, 11) is 0. The molecule has 17 heavy (non-hydrogen) atoms. The number of hydrogen-bond donors (Lipinski definition) is 2. The molecule has 0 radical (unpaired) electrons. The third kappa shape index (κ3) is 3.57. The number of rotatable bonds is 5. The third-order valence-electron chi connectivity index (χ3n) is 3.80. The summed E-state index contributed by atoms with van der Waals surface area (Å²) in [4.78, 5) is 2.33. The molecular weight excluding hydrogens is 218 g/mol. The van der Waals surface area contributed by atoms with Crippen LogP contribution in [0.5, 0.6) is 0 Å². The van der Waals surface area contributed by atoms with Crippen LogP contribution in [0.2, 0.25) is 0 Å². The molecule has 1 saturated carbocycles. The molecule has 0 amide bonds. The van der Waals surface area contributed by atoms with Crippen molar-refractivity contribution in [3.63, 3.8) is 0 Å². The first kappa shape index (κ1) is 12.6. The summed E-state index contributed by atoms with van der Waals surface area (Å²) in [5, 5.41) is 11.8. The minimum Gasteiger partial charge on any atom is -0.409 e. The van der Waals surface area contributed by atoms with Crippen molar-refractivity contribution in [1.82, 2.24) is 4.90 Å². The Labute approximate surface area is 103 Å². The van der Waals surface area contributed by atoms with Gasteiger partial charge in [0.15, 0.2) is 5.84 Å². The van der Waals surface area contributed by atoms with Crippen molar-refractivity contribution in [2.24, 2.45) is 10.9 Å². The van der Waals surface area contributed by atoms with Gasteiger partial charge in [-0.2, -0.15) is 0 Å². The molecule has 1 aliphatic carbocycles. The van der Waals surface area contributed by atoms with Crippen LogP contribution in [0.3, 0.4) is 0 Å². The van der Waals surface area contributed by atoms with Gasteiger partial charge in [-0.3, -0.25) is 4.90 Å². The molecule has 0 bridgehead atoms. The van der Waals surface area contributed by atoms with Crippen LogP contribution < -0.4 is 5.73 Å². The molecule has 1 unspecified atom stereocenters. The van der Waals surface area contributed by atoms with Crippen molar-refractivity contribution in [3.8, 4) is 0 Å². The van der Waals surface area contributed by atoms with Gasteiger partial charge in [-0.15, -0.1) is 0 Å². The zero-order valence-corrected chi connectivity index (χ0v) is 10.3. The molecule has 98 valence electrons. The van der Waals surface area contributed by atoms with Gasteiger partial charge in [-0.25, -0.2) is 0 Å². The smallest absolute Gasteiger partial charge is 0.153 e. The second-order valence-electron chi connectivity index (χ2n) is 5.09. The second-order valence-corrected chi connectivity index (χ2v) is 5.09. The van der Waals surface area contributed by atoms with E-state index < -0.39 is 0 Å². The van der Waals surface area contributed by atoms with Gasteiger partial charge in [-0.1, -0.05) is 18.0 Å². The number of nitrogens with zero attached hydrogens (tertiary/aromatic N) is 2. The number of ether oxygens (including phenoxy) is 1. The van der Waals surface area contributed by atoms with Crippen molar-refractivity contribution in [2.45, 2.75) is 50.7 Å². The van der Waals surface area contributed by atoms with Gasteiger partial charge in [0.05, 0.1) is 12.6 Å². The van der Waals surface area contributed by atoms with Crippen LogP contribution in [0.4, 0.5) is 0 Å². The highest BCUT2D eigenvalue weighted by atomic mass is 16.5. The van der Waals surface area contributed by atoms with Crippen LogP contribution in [0, 0.1) is 0 Å². The van der Waals surface area contributed by atoms with Crippen molar-refractivity contribution in [3.05, 3.63) is 0 Å². The van der Waals surface area contributed by atoms with Gasteiger partial charge in [0, 0.05) is 19.2 Å². The van der Waals surface area contributed by atoms with Gasteiger partial charge in [0.1, 0.15) is 0 Å². The molecule has 2 fully saturated rings. The molecule has 1 heterocycles. The molecule has 3 N–H and O–H groups in total. The van der Waals surface area contributed by atoms with E-state index in [1.807, 2.05) is 0 Å². The first-order valence-electron chi connectivity index (χ1n) is 6.61. The molecule has 1 saturated heterocycles. The first-order valence-corrected chi connectivity index (χ1v) is 6.61. The molecule has 1 atom stereocenters. The topological polar surface area (TPSA) is 71.1 Å². The maximum absolute atomic E-state index is 8.69. The average Bonchev–Trinajstić information content (AvgIpc) is 3.00. The lowest BCUT2D eigenvalue weighted by Crippen LogP contribution is -2.44. The molecule has 0 aromatic heterocycles. The van der Waals surface area contributed by atoms with E-state index in [4.69, 9.17) is 15.7 Å². The Morgan fingerprint density at radius 1 is 1.29 bits per heavy atom. The highest BCUT2D eigenvalue weighted by molar-refractivity contribution is 5.81. The monoisotopic (exact) mass is 241 g/mol. The van der Waals surface area contributed by atoms with Crippen molar-refractivity contribution >= 4 is 5.84 Å². The summed E-state index contributed by atoms with van der Waals surface area (Å²) in [5.74, 6) is 0.301. The fraction of sp³-hybridized carbons (Fsp3) is 0.917. The fourth-order valence-corrected chi connectivity index (χ4v) is 2.90. The molecule has 2 aliphatic rings. The van der Waals surface area contributed by atoms with Crippen LogP contribution in [0.25, 0.3) is 0 Å². The quantitative estimate of drug-likeness (QED) is 0.328. The Hall–Kier alpha value is -0.810. The molecule has 5 nitrogen and oxygen atoms in total. The van der Waals surface area contributed by atoms with E-state index >= 15 is 0 Å². The van der Waals surface area contributed by atoms with Crippen molar-refractivity contribution in [1.29, 1.82) is 0 Å². The highest BCUT2D eigenvalue weighted by Crippen LogP contribution is 2.25. The lowest BCUT2D eigenvalue weighted by atomic mass is 10.1. The van der Waals surface area contributed by atoms with Crippen molar-refractivity contribution < 1.29 is 9.94 Å². The number of amidine groups is 1. The highest BCUT2D eigenvalue weighted by Gasteiger charge is 2.27. The molecule has 5 heteroatoms. The van der Waals surface area contributed by atoms with E-state index in [-0.39, 0.29) is 0 Å². The average molecular weight is 241 g/mol. The Kier molecular flexibility index (Phi) is 4.62. The van der Waals surface area contributed by atoms with Gasteiger partial charge >= 0.3 is 0 Å². The predicted octanol–water partition coefficient (Wildman–Crippen LogP) is 1.16. The Morgan fingerprint density at radius 3 is 2.65 bits per heavy atom. The van der Waals surface area contributed by atoms with Gasteiger partial charge in [0.2, 0.25) is 0 Å². The van der Waals surface area contributed by atoms with Crippen LogP contribution >= 0.6 is 0 Å². The lowest BCUT2D eigenvalue weighted by Gasteiger charge is -2.30. The maximum atomic E-state index is 8.69. The summed E-state index contributed by atoms with van der Waals surface area (Å²) in [6, 6.07) is 0.583. The van der Waals surface area contributed by atoms with Gasteiger partial charge in [0.25, 0.3) is 0 Å². The van der Waals surface area contributed by atoms with E-state index in [1.165, 1.54) is 25.7 Å². The molecule has 1 aliphatic heterocycles. The van der Waals surface area contributed by atoms with Gasteiger partial charge in [-0.05, 0) is 25.7 Å². The number of hydrogen-bond acceptors (Lipinski definition) is 4. The number of nitrogens with two attached hydrogens (primary N) is 1. The lowest BCUT2D eigenvalue weighted by molar-refractivity contribution is 0.0640.